The predicted octanol–water partition coefficient (Wildman–Crippen LogP) is 3.11. The summed E-state index contributed by atoms with van der Waals surface area (Å²) >= 11 is 0. The van der Waals surface area contributed by atoms with Gasteiger partial charge in [0.05, 0.1) is 11.2 Å². The van der Waals surface area contributed by atoms with Gasteiger partial charge in [0.2, 0.25) is 0 Å². The Kier molecular flexibility index (Phi) is 2.28. The molecule has 0 radical (unpaired) electrons. The van der Waals surface area contributed by atoms with E-state index in [9.17, 15) is 4.79 Å². The first-order valence-electron chi connectivity index (χ1n) is 6.16. The van der Waals surface area contributed by atoms with Crippen LogP contribution in [-0.4, -0.2) is 15.2 Å². The molecule has 1 fully saturated rings. The van der Waals surface area contributed by atoms with Gasteiger partial charge in [0.15, 0.2) is 5.78 Å². The first-order chi connectivity index (χ1) is 8.16. The molecule has 1 aliphatic carbocycles. The van der Waals surface area contributed by atoms with Crippen molar-refractivity contribution in [1.82, 2.24) is 9.38 Å². The Bertz CT molecular complexity index is 594. The molecule has 2 heterocycles. The molecule has 2 aromatic rings. The molecular formula is C14H16N2O. The minimum atomic E-state index is 0.109. The summed E-state index contributed by atoms with van der Waals surface area (Å²) in [5.41, 5.74) is 2.94. The molecule has 0 aromatic carbocycles. The maximum atomic E-state index is 11.4. The van der Waals surface area contributed by atoms with E-state index in [2.05, 4.69) is 9.38 Å². The molecule has 0 saturated heterocycles. The summed E-state index contributed by atoms with van der Waals surface area (Å²) in [7, 11) is 0. The highest BCUT2D eigenvalue weighted by atomic mass is 16.1. The Labute approximate surface area is 100 Å². The van der Waals surface area contributed by atoms with E-state index in [1.807, 2.05) is 25.3 Å². The summed E-state index contributed by atoms with van der Waals surface area (Å²) in [5.74, 6) is 1.82. The number of carbonyl (C=O) groups excluding carboxylic acids is 1. The van der Waals surface area contributed by atoms with Crippen LogP contribution in [0.2, 0.25) is 0 Å². The summed E-state index contributed by atoms with van der Waals surface area (Å²) in [5, 5.41) is 0. The van der Waals surface area contributed by atoms with Crippen molar-refractivity contribution >= 4 is 11.3 Å². The van der Waals surface area contributed by atoms with Crippen LogP contribution in [0.15, 0.2) is 18.3 Å². The zero-order valence-corrected chi connectivity index (χ0v) is 10.2. The molecule has 0 N–H and O–H groups in total. The van der Waals surface area contributed by atoms with E-state index in [1.165, 1.54) is 19.3 Å². The van der Waals surface area contributed by atoms with Gasteiger partial charge in [0.1, 0.15) is 5.82 Å². The van der Waals surface area contributed by atoms with Crippen LogP contribution in [0.5, 0.6) is 0 Å². The number of Topliss-reactive ketones (excluding diaryl/α,β-unsaturated/α-hetero) is 1. The Balaban J connectivity index is 2.20. The van der Waals surface area contributed by atoms with Gasteiger partial charge in [-0.25, -0.2) is 4.98 Å². The lowest BCUT2D eigenvalue weighted by molar-refractivity contribution is 0.101. The zero-order chi connectivity index (χ0) is 12.0. The van der Waals surface area contributed by atoms with Crippen molar-refractivity contribution < 1.29 is 4.79 Å². The van der Waals surface area contributed by atoms with Crippen molar-refractivity contribution in [1.29, 1.82) is 0 Å². The predicted molar refractivity (Wildman–Crippen MR) is 66.5 cm³/mol. The van der Waals surface area contributed by atoms with E-state index in [4.69, 9.17) is 0 Å². The molecule has 88 valence electrons. The van der Waals surface area contributed by atoms with Crippen LogP contribution in [-0.2, 0) is 0 Å². The molecule has 3 rings (SSSR count). The van der Waals surface area contributed by atoms with Crippen LogP contribution < -0.4 is 0 Å². The number of rotatable bonds is 2. The molecule has 1 aliphatic rings. The molecule has 3 heteroatoms. The van der Waals surface area contributed by atoms with Crippen LogP contribution in [0.25, 0.3) is 5.52 Å². The summed E-state index contributed by atoms with van der Waals surface area (Å²) in [4.78, 5) is 16.1. The second-order valence-electron chi connectivity index (χ2n) is 4.91. The highest BCUT2D eigenvalue weighted by Gasteiger charge is 2.24. The van der Waals surface area contributed by atoms with Crippen LogP contribution in [0, 0.1) is 6.92 Å². The molecule has 0 amide bonds. The average molecular weight is 228 g/mol. The lowest BCUT2D eigenvalue weighted by Crippen LogP contribution is -2.12. The quantitative estimate of drug-likeness (QED) is 0.740. The minimum absolute atomic E-state index is 0.109. The van der Waals surface area contributed by atoms with Crippen LogP contribution >= 0.6 is 0 Å². The topological polar surface area (TPSA) is 34.4 Å². The third kappa shape index (κ3) is 1.57. The monoisotopic (exact) mass is 228 g/mol. The standard InChI is InChI=1S/C14H16N2O/c1-9-13-7-6-12(10(2)17)8-16(13)14(15-9)11-4-3-5-11/h6-8,11H,3-5H2,1-2H3. The summed E-state index contributed by atoms with van der Waals surface area (Å²) < 4.78 is 2.11. The first kappa shape index (κ1) is 10.5. The van der Waals surface area contributed by atoms with Gasteiger partial charge in [-0.15, -0.1) is 0 Å². The van der Waals surface area contributed by atoms with Gasteiger partial charge in [0, 0.05) is 17.7 Å². The van der Waals surface area contributed by atoms with Gasteiger partial charge < -0.3 is 4.40 Å². The van der Waals surface area contributed by atoms with Crippen molar-refractivity contribution in [3.8, 4) is 0 Å². The number of carbonyl (C=O) groups is 1. The molecule has 1 saturated carbocycles. The number of nitrogens with zero attached hydrogens (tertiary/aromatic N) is 2. The van der Waals surface area contributed by atoms with Crippen molar-refractivity contribution in [3.05, 3.63) is 35.4 Å². The second-order valence-corrected chi connectivity index (χ2v) is 4.91. The Morgan fingerprint density at radius 2 is 2.18 bits per heavy atom. The normalized spacial score (nSPS) is 16.1. The molecular weight excluding hydrogens is 212 g/mol. The van der Waals surface area contributed by atoms with E-state index in [1.54, 1.807) is 6.92 Å². The number of pyridine rings is 1. The van der Waals surface area contributed by atoms with E-state index < -0.39 is 0 Å². The number of ketones is 1. The van der Waals surface area contributed by atoms with Crippen molar-refractivity contribution in [3.63, 3.8) is 0 Å². The van der Waals surface area contributed by atoms with E-state index in [0.717, 1.165) is 22.6 Å². The molecule has 0 unspecified atom stereocenters. The largest absolute Gasteiger partial charge is 0.303 e. The number of aryl methyl sites for hydroxylation is 1. The van der Waals surface area contributed by atoms with Crippen LogP contribution in [0.1, 0.15) is 54.0 Å². The first-order valence-corrected chi connectivity index (χ1v) is 6.16. The highest BCUT2D eigenvalue weighted by Crippen LogP contribution is 2.36. The van der Waals surface area contributed by atoms with E-state index in [-0.39, 0.29) is 5.78 Å². The Morgan fingerprint density at radius 3 is 2.76 bits per heavy atom. The second kappa shape index (κ2) is 3.69. The molecule has 3 nitrogen and oxygen atoms in total. The van der Waals surface area contributed by atoms with Crippen LogP contribution in [0.3, 0.4) is 0 Å². The number of fused-ring (bicyclic) bond motifs is 1. The Hall–Kier alpha value is -1.64. The fourth-order valence-corrected chi connectivity index (χ4v) is 2.43. The fraction of sp³-hybridized carbons (Fsp3) is 0.429. The Morgan fingerprint density at radius 1 is 1.41 bits per heavy atom. The van der Waals surface area contributed by atoms with Gasteiger partial charge in [-0.05, 0) is 38.8 Å². The third-order valence-corrected chi connectivity index (χ3v) is 3.73. The maximum absolute atomic E-state index is 11.4. The summed E-state index contributed by atoms with van der Waals surface area (Å²) in [6.07, 6.45) is 5.68. The molecule has 0 aliphatic heterocycles. The molecule has 2 aromatic heterocycles. The van der Waals surface area contributed by atoms with Gasteiger partial charge in [-0.2, -0.15) is 0 Å². The van der Waals surface area contributed by atoms with Crippen molar-refractivity contribution in [2.24, 2.45) is 0 Å². The number of hydrogen-bond acceptors (Lipinski definition) is 2. The average Bonchev–Trinajstić information content (AvgIpc) is 2.54. The lowest BCUT2D eigenvalue weighted by atomic mass is 9.85. The highest BCUT2D eigenvalue weighted by molar-refractivity contribution is 5.94. The number of aromatic nitrogens is 2. The van der Waals surface area contributed by atoms with Gasteiger partial charge >= 0.3 is 0 Å². The van der Waals surface area contributed by atoms with E-state index >= 15 is 0 Å². The molecule has 0 bridgehead atoms. The van der Waals surface area contributed by atoms with Crippen LogP contribution in [0.4, 0.5) is 0 Å². The summed E-state index contributed by atoms with van der Waals surface area (Å²) in [6, 6.07) is 3.89. The third-order valence-electron chi connectivity index (χ3n) is 3.73. The van der Waals surface area contributed by atoms with E-state index in [0.29, 0.717) is 5.92 Å². The maximum Gasteiger partial charge on any atom is 0.161 e. The number of hydrogen-bond donors (Lipinski definition) is 0. The van der Waals surface area contributed by atoms with Gasteiger partial charge in [0.25, 0.3) is 0 Å². The molecule has 17 heavy (non-hydrogen) atoms. The van der Waals surface area contributed by atoms with Gasteiger partial charge in [-0.1, -0.05) is 6.42 Å². The lowest BCUT2D eigenvalue weighted by Gasteiger charge is -2.24. The smallest absolute Gasteiger partial charge is 0.161 e. The SMILES string of the molecule is CC(=O)c1ccc2c(C)nc(C3CCC3)n2c1. The fourth-order valence-electron chi connectivity index (χ4n) is 2.43. The van der Waals surface area contributed by atoms with Crippen molar-refractivity contribution in [2.45, 2.75) is 39.0 Å². The number of imidazole rings is 1. The summed E-state index contributed by atoms with van der Waals surface area (Å²) in [6.45, 7) is 3.64. The minimum Gasteiger partial charge on any atom is -0.303 e. The molecule has 0 atom stereocenters. The van der Waals surface area contributed by atoms with Gasteiger partial charge in [-0.3, -0.25) is 4.79 Å². The van der Waals surface area contributed by atoms with Crippen molar-refractivity contribution in [2.75, 3.05) is 0 Å². The zero-order valence-electron chi connectivity index (χ0n) is 10.2. The molecule has 0 spiro atoms.